The summed E-state index contributed by atoms with van der Waals surface area (Å²) in [5.74, 6) is -0.267. The first-order valence-corrected chi connectivity index (χ1v) is 6.81. The van der Waals surface area contributed by atoms with Crippen LogP contribution in [0.15, 0.2) is 24.3 Å². The maximum absolute atomic E-state index is 12.1. The van der Waals surface area contributed by atoms with Crippen molar-refractivity contribution in [2.75, 3.05) is 13.1 Å². The van der Waals surface area contributed by atoms with Crippen molar-refractivity contribution in [1.82, 2.24) is 10.2 Å². The Hall–Kier alpha value is -1.55. The molecule has 1 aromatic rings. The summed E-state index contributed by atoms with van der Waals surface area (Å²) in [6.07, 6.45) is 2.09. The highest BCUT2D eigenvalue weighted by molar-refractivity contribution is 6.30. The van der Waals surface area contributed by atoms with Crippen molar-refractivity contribution in [3.63, 3.8) is 0 Å². The van der Waals surface area contributed by atoms with E-state index in [4.69, 9.17) is 11.6 Å². The summed E-state index contributed by atoms with van der Waals surface area (Å²) < 4.78 is 0. The third-order valence-electron chi connectivity index (χ3n) is 3.24. The first kappa shape index (κ1) is 13.9. The summed E-state index contributed by atoms with van der Waals surface area (Å²) >= 11 is 5.77. The first-order chi connectivity index (χ1) is 9.08. The number of hydrogen-bond acceptors (Lipinski definition) is 2. The van der Waals surface area contributed by atoms with Gasteiger partial charge in [-0.05, 0) is 44.0 Å². The molecule has 1 heterocycles. The van der Waals surface area contributed by atoms with Crippen LogP contribution >= 0.6 is 11.6 Å². The van der Waals surface area contributed by atoms with Crippen molar-refractivity contribution in [2.24, 2.45) is 0 Å². The van der Waals surface area contributed by atoms with Crippen LogP contribution < -0.4 is 5.32 Å². The molecule has 0 saturated carbocycles. The van der Waals surface area contributed by atoms with E-state index in [2.05, 4.69) is 5.32 Å². The summed E-state index contributed by atoms with van der Waals surface area (Å²) in [6, 6.07) is 6.10. The molecule has 19 heavy (non-hydrogen) atoms. The third kappa shape index (κ3) is 3.47. The fraction of sp³-hybridized carbons (Fsp3) is 0.429. The zero-order valence-electron chi connectivity index (χ0n) is 10.9. The van der Waals surface area contributed by atoms with Crippen molar-refractivity contribution in [1.29, 1.82) is 0 Å². The van der Waals surface area contributed by atoms with Gasteiger partial charge in [-0.3, -0.25) is 9.59 Å². The minimum absolute atomic E-state index is 0.0141. The van der Waals surface area contributed by atoms with Crippen LogP contribution in [0.5, 0.6) is 0 Å². The molecule has 1 aliphatic heterocycles. The standard InChI is InChI=1S/C14H17ClN2O2/c1-10(14(19)17-8-2-3-9-17)16-13(18)11-4-6-12(15)7-5-11/h4-7,10H,2-3,8-9H2,1H3,(H,16,18)/t10-/m1/s1. The Labute approximate surface area is 117 Å². The quantitative estimate of drug-likeness (QED) is 0.922. The molecule has 2 rings (SSSR count). The SMILES string of the molecule is C[C@@H](NC(=O)c1ccc(Cl)cc1)C(=O)N1CCCC1. The van der Waals surface area contributed by atoms with E-state index in [9.17, 15) is 9.59 Å². The summed E-state index contributed by atoms with van der Waals surface area (Å²) in [5, 5.41) is 3.30. The maximum Gasteiger partial charge on any atom is 0.251 e. The van der Waals surface area contributed by atoms with E-state index in [1.807, 2.05) is 0 Å². The van der Waals surface area contributed by atoms with E-state index in [-0.39, 0.29) is 11.8 Å². The van der Waals surface area contributed by atoms with E-state index in [0.29, 0.717) is 10.6 Å². The summed E-state index contributed by atoms with van der Waals surface area (Å²) in [7, 11) is 0. The van der Waals surface area contributed by atoms with Crippen LogP contribution in [0.1, 0.15) is 30.1 Å². The number of amides is 2. The molecule has 0 radical (unpaired) electrons. The van der Waals surface area contributed by atoms with Gasteiger partial charge in [0.05, 0.1) is 0 Å². The largest absolute Gasteiger partial charge is 0.341 e. The van der Waals surface area contributed by atoms with E-state index >= 15 is 0 Å². The van der Waals surface area contributed by atoms with Gasteiger partial charge in [0.25, 0.3) is 5.91 Å². The lowest BCUT2D eigenvalue weighted by molar-refractivity contribution is -0.131. The highest BCUT2D eigenvalue weighted by Crippen LogP contribution is 2.11. The highest BCUT2D eigenvalue weighted by atomic mass is 35.5. The summed E-state index contributed by atoms with van der Waals surface area (Å²) in [5.41, 5.74) is 0.505. The molecular weight excluding hydrogens is 264 g/mol. The molecule has 4 nitrogen and oxygen atoms in total. The third-order valence-corrected chi connectivity index (χ3v) is 3.49. The minimum Gasteiger partial charge on any atom is -0.341 e. The number of rotatable bonds is 3. The van der Waals surface area contributed by atoms with Gasteiger partial charge in [0.15, 0.2) is 0 Å². The second-order valence-electron chi connectivity index (χ2n) is 4.73. The van der Waals surface area contributed by atoms with Crippen molar-refractivity contribution in [3.05, 3.63) is 34.9 Å². The molecule has 1 atom stereocenters. The molecule has 0 unspecified atom stereocenters. The van der Waals surface area contributed by atoms with Gasteiger partial charge in [-0.2, -0.15) is 0 Å². The molecule has 0 spiro atoms. The predicted molar refractivity (Wildman–Crippen MR) is 74.2 cm³/mol. The van der Waals surface area contributed by atoms with Gasteiger partial charge in [0.2, 0.25) is 5.91 Å². The van der Waals surface area contributed by atoms with Crippen molar-refractivity contribution in [2.45, 2.75) is 25.8 Å². The van der Waals surface area contributed by atoms with Gasteiger partial charge >= 0.3 is 0 Å². The van der Waals surface area contributed by atoms with E-state index in [1.54, 1.807) is 36.1 Å². The molecule has 0 bridgehead atoms. The molecular formula is C14H17ClN2O2. The molecule has 1 saturated heterocycles. The van der Waals surface area contributed by atoms with Crippen LogP contribution in [0, 0.1) is 0 Å². The molecule has 1 aromatic carbocycles. The van der Waals surface area contributed by atoms with Crippen LogP contribution in [0.2, 0.25) is 5.02 Å². The fourth-order valence-electron chi connectivity index (χ4n) is 2.15. The minimum atomic E-state index is -0.499. The van der Waals surface area contributed by atoms with Crippen LogP contribution in [-0.2, 0) is 4.79 Å². The molecule has 1 N–H and O–H groups in total. The Morgan fingerprint density at radius 2 is 1.79 bits per heavy atom. The van der Waals surface area contributed by atoms with Gasteiger partial charge in [-0.15, -0.1) is 0 Å². The number of nitrogens with zero attached hydrogens (tertiary/aromatic N) is 1. The average Bonchev–Trinajstić information content (AvgIpc) is 2.92. The molecule has 102 valence electrons. The Kier molecular flexibility index (Phi) is 4.43. The number of likely N-dealkylation sites (tertiary alicyclic amines) is 1. The lowest BCUT2D eigenvalue weighted by Crippen LogP contribution is -2.45. The van der Waals surface area contributed by atoms with Gasteiger partial charge in [0, 0.05) is 23.7 Å². The summed E-state index contributed by atoms with van der Waals surface area (Å²) in [4.78, 5) is 25.8. The topological polar surface area (TPSA) is 49.4 Å². The maximum atomic E-state index is 12.1. The lowest BCUT2D eigenvalue weighted by Gasteiger charge is -2.21. The Balaban J connectivity index is 1.94. The average molecular weight is 281 g/mol. The number of halogens is 1. The normalized spacial score (nSPS) is 16.2. The van der Waals surface area contributed by atoms with Gasteiger partial charge < -0.3 is 10.2 Å². The highest BCUT2D eigenvalue weighted by Gasteiger charge is 2.24. The second-order valence-corrected chi connectivity index (χ2v) is 5.17. The van der Waals surface area contributed by atoms with Crippen LogP contribution in [-0.4, -0.2) is 35.8 Å². The predicted octanol–water partition coefficient (Wildman–Crippen LogP) is 2.08. The Bertz CT molecular complexity index is 467. The van der Waals surface area contributed by atoms with Crippen molar-refractivity contribution < 1.29 is 9.59 Å². The van der Waals surface area contributed by atoms with Crippen LogP contribution in [0.3, 0.4) is 0 Å². The number of carbonyl (C=O) groups excluding carboxylic acids is 2. The van der Waals surface area contributed by atoms with Crippen LogP contribution in [0.25, 0.3) is 0 Å². The number of benzene rings is 1. The van der Waals surface area contributed by atoms with E-state index in [0.717, 1.165) is 25.9 Å². The molecule has 0 aromatic heterocycles. The lowest BCUT2D eigenvalue weighted by atomic mass is 10.2. The zero-order chi connectivity index (χ0) is 13.8. The first-order valence-electron chi connectivity index (χ1n) is 6.43. The smallest absolute Gasteiger partial charge is 0.251 e. The van der Waals surface area contributed by atoms with Gasteiger partial charge in [0.1, 0.15) is 6.04 Å². The van der Waals surface area contributed by atoms with Crippen LogP contribution in [0.4, 0.5) is 0 Å². The monoisotopic (exact) mass is 280 g/mol. The molecule has 5 heteroatoms. The van der Waals surface area contributed by atoms with Crippen molar-refractivity contribution >= 4 is 23.4 Å². The molecule has 1 aliphatic rings. The van der Waals surface area contributed by atoms with E-state index < -0.39 is 6.04 Å². The molecule has 2 amide bonds. The van der Waals surface area contributed by atoms with Gasteiger partial charge in [-0.1, -0.05) is 11.6 Å². The summed E-state index contributed by atoms with van der Waals surface area (Å²) in [6.45, 7) is 3.30. The Morgan fingerprint density at radius 3 is 2.37 bits per heavy atom. The van der Waals surface area contributed by atoms with Crippen molar-refractivity contribution in [3.8, 4) is 0 Å². The van der Waals surface area contributed by atoms with Gasteiger partial charge in [-0.25, -0.2) is 0 Å². The zero-order valence-corrected chi connectivity index (χ0v) is 11.6. The number of carbonyl (C=O) groups is 2. The second kappa shape index (κ2) is 6.06. The fourth-order valence-corrected chi connectivity index (χ4v) is 2.28. The molecule has 0 aliphatic carbocycles. The number of nitrogens with one attached hydrogen (secondary N) is 1. The number of hydrogen-bond donors (Lipinski definition) is 1. The Morgan fingerprint density at radius 1 is 1.21 bits per heavy atom. The van der Waals surface area contributed by atoms with E-state index in [1.165, 1.54) is 0 Å². The molecule has 1 fully saturated rings.